The number of nitrogens with two attached hydrogens (primary N) is 1. The molecule has 1 aromatic rings. The highest BCUT2D eigenvalue weighted by atomic mass is 15.3. The highest BCUT2D eigenvalue weighted by molar-refractivity contribution is 5.16. The number of rotatable bonds is 2. The van der Waals surface area contributed by atoms with E-state index in [2.05, 4.69) is 42.5 Å². The van der Waals surface area contributed by atoms with Gasteiger partial charge in [0.1, 0.15) is 11.6 Å². The Morgan fingerprint density at radius 1 is 1.12 bits per heavy atom. The van der Waals surface area contributed by atoms with E-state index in [0.717, 1.165) is 24.6 Å². The van der Waals surface area contributed by atoms with Crippen LogP contribution in [0.5, 0.6) is 0 Å². The van der Waals surface area contributed by atoms with E-state index in [-0.39, 0.29) is 11.0 Å². The fourth-order valence-electron chi connectivity index (χ4n) is 2.06. The molecule has 2 rings (SSSR count). The third-order valence-corrected chi connectivity index (χ3v) is 4.03. The van der Waals surface area contributed by atoms with Crippen molar-refractivity contribution < 1.29 is 0 Å². The number of aryl methyl sites for hydroxylation is 1. The average molecular weight is 222 g/mol. The SMILES string of the molecule is CC(C)(N)C(C)(C)c1nnc2n1CCCC2. The Hall–Kier alpha value is -0.900. The minimum atomic E-state index is -0.297. The van der Waals surface area contributed by atoms with Crippen molar-refractivity contribution in [3.8, 4) is 0 Å². The maximum atomic E-state index is 6.26. The monoisotopic (exact) mass is 222 g/mol. The number of hydrogen-bond donors (Lipinski definition) is 1. The van der Waals surface area contributed by atoms with Crippen LogP contribution in [0.1, 0.15) is 52.2 Å². The quantitative estimate of drug-likeness (QED) is 0.827. The lowest BCUT2D eigenvalue weighted by molar-refractivity contribution is 0.277. The smallest absolute Gasteiger partial charge is 0.140 e. The molecular weight excluding hydrogens is 200 g/mol. The van der Waals surface area contributed by atoms with Crippen LogP contribution in [0.4, 0.5) is 0 Å². The van der Waals surface area contributed by atoms with Gasteiger partial charge in [0.25, 0.3) is 0 Å². The van der Waals surface area contributed by atoms with Crippen molar-refractivity contribution in [2.45, 2.75) is 64.5 Å². The van der Waals surface area contributed by atoms with Crippen LogP contribution in [0.3, 0.4) is 0 Å². The lowest BCUT2D eigenvalue weighted by Crippen LogP contribution is -2.51. The standard InChI is InChI=1S/C12H22N4/c1-11(2,12(3,4)13)10-15-14-9-7-5-6-8-16(9)10/h5-8,13H2,1-4H3. The summed E-state index contributed by atoms with van der Waals surface area (Å²) in [6.07, 6.45) is 3.50. The molecule has 1 aromatic heterocycles. The fourth-order valence-corrected chi connectivity index (χ4v) is 2.06. The Labute approximate surface area is 97.2 Å². The van der Waals surface area contributed by atoms with Crippen molar-refractivity contribution in [1.29, 1.82) is 0 Å². The molecule has 0 aromatic carbocycles. The van der Waals surface area contributed by atoms with Crippen LogP contribution in [0.25, 0.3) is 0 Å². The van der Waals surface area contributed by atoms with E-state index < -0.39 is 0 Å². The van der Waals surface area contributed by atoms with Crippen LogP contribution in [0.15, 0.2) is 0 Å². The topological polar surface area (TPSA) is 56.7 Å². The molecule has 4 heteroatoms. The van der Waals surface area contributed by atoms with Gasteiger partial charge < -0.3 is 10.3 Å². The van der Waals surface area contributed by atoms with Crippen molar-refractivity contribution in [2.75, 3.05) is 0 Å². The van der Waals surface area contributed by atoms with Gasteiger partial charge in [0.2, 0.25) is 0 Å². The molecule has 1 aliphatic heterocycles. The van der Waals surface area contributed by atoms with Crippen LogP contribution in [-0.4, -0.2) is 20.3 Å². The predicted molar refractivity (Wildman–Crippen MR) is 64.3 cm³/mol. The first-order valence-corrected chi connectivity index (χ1v) is 6.05. The van der Waals surface area contributed by atoms with E-state index in [9.17, 15) is 0 Å². The zero-order valence-electron chi connectivity index (χ0n) is 10.7. The molecule has 2 N–H and O–H groups in total. The number of fused-ring (bicyclic) bond motifs is 1. The summed E-state index contributed by atoms with van der Waals surface area (Å²) in [6.45, 7) is 9.45. The van der Waals surface area contributed by atoms with E-state index in [1.807, 2.05) is 0 Å². The summed E-state index contributed by atoms with van der Waals surface area (Å²) in [6, 6.07) is 0. The number of aromatic nitrogens is 3. The van der Waals surface area contributed by atoms with Crippen LogP contribution in [0, 0.1) is 0 Å². The summed E-state index contributed by atoms with van der Waals surface area (Å²) in [5.41, 5.74) is 5.80. The first-order chi connectivity index (χ1) is 7.34. The van der Waals surface area contributed by atoms with Gasteiger partial charge in [-0.15, -0.1) is 10.2 Å². The Morgan fingerprint density at radius 3 is 2.44 bits per heavy atom. The zero-order valence-corrected chi connectivity index (χ0v) is 10.7. The molecule has 1 aliphatic rings. The van der Waals surface area contributed by atoms with E-state index >= 15 is 0 Å². The average Bonchev–Trinajstić information content (AvgIpc) is 2.59. The molecule has 0 unspecified atom stereocenters. The summed E-state index contributed by atoms with van der Waals surface area (Å²) in [4.78, 5) is 0. The lowest BCUT2D eigenvalue weighted by Gasteiger charge is -2.38. The predicted octanol–water partition coefficient (Wildman–Crippen LogP) is 1.63. The number of hydrogen-bond acceptors (Lipinski definition) is 3. The maximum absolute atomic E-state index is 6.26. The van der Waals surface area contributed by atoms with Crippen molar-refractivity contribution in [1.82, 2.24) is 14.8 Å². The first-order valence-electron chi connectivity index (χ1n) is 6.05. The molecule has 0 fully saturated rings. The second-order valence-electron chi connectivity index (χ2n) is 5.90. The molecule has 0 radical (unpaired) electrons. The third-order valence-electron chi connectivity index (χ3n) is 4.03. The summed E-state index contributed by atoms with van der Waals surface area (Å²) < 4.78 is 2.26. The molecule has 0 atom stereocenters. The Balaban J connectivity index is 2.45. The van der Waals surface area contributed by atoms with Crippen LogP contribution < -0.4 is 5.73 Å². The van der Waals surface area contributed by atoms with Gasteiger partial charge in [-0.3, -0.25) is 0 Å². The van der Waals surface area contributed by atoms with Gasteiger partial charge in [0.05, 0.1) is 0 Å². The second-order valence-corrected chi connectivity index (χ2v) is 5.90. The molecule has 0 saturated carbocycles. The van der Waals surface area contributed by atoms with E-state index in [4.69, 9.17) is 5.73 Å². The van der Waals surface area contributed by atoms with Gasteiger partial charge in [0, 0.05) is 23.9 Å². The summed E-state index contributed by atoms with van der Waals surface area (Å²) in [5.74, 6) is 2.16. The van der Waals surface area contributed by atoms with Crippen molar-refractivity contribution in [3.05, 3.63) is 11.6 Å². The van der Waals surface area contributed by atoms with Gasteiger partial charge in [-0.2, -0.15) is 0 Å². The highest BCUT2D eigenvalue weighted by Crippen LogP contribution is 2.33. The molecule has 2 heterocycles. The van der Waals surface area contributed by atoms with Crippen LogP contribution >= 0.6 is 0 Å². The van der Waals surface area contributed by atoms with Crippen molar-refractivity contribution >= 4 is 0 Å². The zero-order chi connectivity index (χ0) is 12.0. The Bertz CT molecular complexity index is 384. The minimum Gasteiger partial charge on any atom is -0.325 e. The molecule has 0 spiro atoms. The van der Waals surface area contributed by atoms with E-state index in [0.29, 0.717) is 0 Å². The summed E-state index contributed by atoms with van der Waals surface area (Å²) >= 11 is 0. The molecule has 0 bridgehead atoms. The fraction of sp³-hybridized carbons (Fsp3) is 0.833. The van der Waals surface area contributed by atoms with Gasteiger partial charge in [-0.25, -0.2) is 0 Å². The van der Waals surface area contributed by atoms with Gasteiger partial charge in [-0.05, 0) is 26.7 Å². The normalized spacial score (nSPS) is 17.3. The Kier molecular flexibility index (Phi) is 2.57. The lowest BCUT2D eigenvalue weighted by atomic mass is 9.74. The van der Waals surface area contributed by atoms with Gasteiger partial charge in [0.15, 0.2) is 0 Å². The van der Waals surface area contributed by atoms with Crippen LogP contribution in [-0.2, 0) is 18.4 Å². The molecular formula is C12H22N4. The molecule has 0 saturated heterocycles. The molecule has 90 valence electrons. The molecule has 16 heavy (non-hydrogen) atoms. The van der Waals surface area contributed by atoms with Crippen molar-refractivity contribution in [2.24, 2.45) is 5.73 Å². The minimum absolute atomic E-state index is 0.157. The first kappa shape index (κ1) is 11.6. The van der Waals surface area contributed by atoms with E-state index in [1.54, 1.807) is 0 Å². The highest BCUT2D eigenvalue weighted by Gasteiger charge is 2.40. The Morgan fingerprint density at radius 2 is 1.81 bits per heavy atom. The number of nitrogens with zero attached hydrogens (tertiary/aromatic N) is 3. The maximum Gasteiger partial charge on any atom is 0.140 e. The van der Waals surface area contributed by atoms with Gasteiger partial charge >= 0.3 is 0 Å². The second kappa shape index (κ2) is 3.55. The molecule has 0 amide bonds. The summed E-state index contributed by atoms with van der Waals surface area (Å²) in [5, 5.41) is 8.66. The summed E-state index contributed by atoms with van der Waals surface area (Å²) in [7, 11) is 0. The molecule has 4 nitrogen and oxygen atoms in total. The van der Waals surface area contributed by atoms with Gasteiger partial charge in [-0.1, -0.05) is 13.8 Å². The van der Waals surface area contributed by atoms with E-state index in [1.165, 1.54) is 12.8 Å². The molecule has 0 aliphatic carbocycles. The van der Waals surface area contributed by atoms with Crippen molar-refractivity contribution in [3.63, 3.8) is 0 Å². The van der Waals surface area contributed by atoms with Crippen LogP contribution in [0.2, 0.25) is 0 Å². The largest absolute Gasteiger partial charge is 0.325 e. The third kappa shape index (κ3) is 1.65.